The molecule has 0 saturated heterocycles. The molecule has 32 heavy (non-hydrogen) atoms. The van der Waals surface area contributed by atoms with Crippen molar-refractivity contribution in [1.82, 2.24) is 4.98 Å². The van der Waals surface area contributed by atoms with E-state index >= 15 is 0 Å². The number of aryl methyl sites for hydroxylation is 1. The average molecular weight is 424 g/mol. The minimum absolute atomic E-state index is 0.334. The normalized spacial score (nSPS) is 18.5. The second-order valence-corrected chi connectivity index (χ2v) is 8.82. The lowest BCUT2D eigenvalue weighted by Crippen LogP contribution is -2.19. The van der Waals surface area contributed by atoms with Crippen molar-refractivity contribution in [3.8, 4) is 28.3 Å². The van der Waals surface area contributed by atoms with Crippen LogP contribution in [-0.2, 0) is 6.42 Å². The quantitative estimate of drug-likeness (QED) is 0.347. The highest BCUT2D eigenvalue weighted by molar-refractivity contribution is 5.76. The van der Waals surface area contributed by atoms with Crippen LogP contribution in [0.2, 0.25) is 0 Å². The Balaban J connectivity index is 1.46. The van der Waals surface area contributed by atoms with Gasteiger partial charge in [-0.25, -0.2) is 4.98 Å². The summed E-state index contributed by atoms with van der Waals surface area (Å²) in [5, 5.41) is 9.80. The van der Waals surface area contributed by atoms with Gasteiger partial charge in [-0.2, -0.15) is 0 Å². The number of aromatic hydroxyl groups is 1. The van der Waals surface area contributed by atoms with Gasteiger partial charge in [-0.05, 0) is 49.3 Å². The van der Waals surface area contributed by atoms with Gasteiger partial charge in [0.15, 0.2) is 11.7 Å². The van der Waals surface area contributed by atoms with Gasteiger partial charge in [-0.15, -0.1) is 0 Å². The SMILES string of the molecule is Oc1cccc(CCC2CCCCC2c2nc(-c3ccccc3)c(-c3ccccc3)o2)c1. The highest BCUT2D eigenvalue weighted by Gasteiger charge is 2.31. The van der Waals surface area contributed by atoms with Gasteiger partial charge in [0.1, 0.15) is 11.4 Å². The highest BCUT2D eigenvalue weighted by atomic mass is 16.4. The molecular formula is C29H29NO2. The molecule has 3 nitrogen and oxygen atoms in total. The van der Waals surface area contributed by atoms with E-state index in [1.165, 1.54) is 24.8 Å². The third-order valence-corrected chi connectivity index (χ3v) is 6.67. The van der Waals surface area contributed by atoms with Crippen LogP contribution >= 0.6 is 0 Å². The molecule has 1 N–H and O–H groups in total. The van der Waals surface area contributed by atoms with Gasteiger partial charge in [0.2, 0.25) is 0 Å². The summed E-state index contributed by atoms with van der Waals surface area (Å²) in [5.41, 5.74) is 4.28. The number of phenols is 1. The van der Waals surface area contributed by atoms with E-state index in [1.807, 2.05) is 36.4 Å². The number of oxazole rings is 1. The summed E-state index contributed by atoms with van der Waals surface area (Å²) in [6.07, 6.45) is 6.85. The Kier molecular flexibility index (Phi) is 6.06. The zero-order valence-electron chi connectivity index (χ0n) is 18.3. The van der Waals surface area contributed by atoms with Gasteiger partial charge >= 0.3 is 0 Å². The maximum Gasteiger partial charge on any atom is 0.198 e. The van der Waals surface area contributed by atoms with Crippen LogP contribution in [0, 0.1) is 5.92 Å². The zero-order valence-corrected chi connectivity index (χ0v) is 18.3. The Morgan fingerprint density at radius 2 is 1.53 bits per heavy atom. The molecule has 162 valence electrons. The van der Waals surface area contributed by atoms with Crippen LogP contribution in [0.3, 0.4) is 0 Å². The molecule has 2 atom stereocenters. The largest absolute Gasteiger partial charge is 0.508 e. The molecule has 0 amide bonds. The van der Waals surface area contributed by atoms with E-state index < -0.39 is 0 Å². The second-order valence-electron chi connectivity index (χ2n) is 8.82. The van der Waals surface area contributed by atoms with E-state index in [0.29, 0.717) is 17.6 Å². The lowest BCUT2D eigenvalue weighted by Gasteiger charge is -2.29. The van der Waals surface area contributed by atoms with Gasteiger partial charge in [0.25, 0.3) is 0 Å². The summed E-state index contributed by atoms with van der Waals surface area (Å²) in [4.78, 5) is 5.09. The molecule has 0 aliphatic heterocycles. The second kappa shape index (κ2) is 9.44. The van der Waals surface area contributed by atoms with Crippen LogP contribution in [-0.4, -0.2) is 10.1 Å². The van der Waals surface area contributed by atoms with Gasteiger partial charge in [-0.3, -0.25) is 0 Å². The van der Waals surface area contributed by atoms with E-state index in [9.17, 15) is 5.11 Å². The fraction of sp³-hybridized carbons (Fsp3) is 0.276. The lowest BCUT2D eigenvalue weighted by atomic mass is 9.76. The summed E-state index contributed by atoms with van der Waals surface area (Å²) >= 11 is 0. The molecule has 3 aromatic carbocycles. The van der Waals surface area contributed by atoms with Crippen LogP contribution in [0.5, 0.6) is 5.75 Å². The third kappa shape index (κ3) is 4.47. The molecule has 1 aliphatic rings. The van der Waals surface area contributed by atoms with E-state index in [1.54, 1.807) is 6.07 Å². The summed E-state index contributed by atoms with van der Waals surface area (Å²) in [7, 11) is 0. The first-order chi connectivity index (χ1) is 15.8. The van der Waals surface area contributed by atoms with Gasteiger partial charge < -0.3 is 9.52 Å². The average Bonchev–Trinajstić information content (AvgIpc) is 3.30. The summed E-state index contributed by atoms with van der Waals surface area (Å²) in [5.74, 6) is 2.96. The molecule has 3 heteroatoms. The monoisotopic (exact) mass is 423 g/mol. The topological polar surface area (TPSA) is 46.3 Å². The van der Waals surface area contributed by atoms with E-state index in [0.717, 1.165) is 47.7 Å². The highest BCUT2D eigenvalue weighted by Crippen LogP contribution is 2.43. The molecule has 1 aliphatic carbocycles. The van der Waals surface area contributed by atoms with Crippen molar-refractivity contribution in [2.24, 2.45) is 5.92 Å². The fourth-order valence-electron chi connectivity index (χ4n) is 5.01. The summed E-state index contributed by atoms with van der Waals surface area (Å²) in [6, 6.07) is 28.3. The Hall–Kier alpha value is -3.33. The predicted molar refractivity (Wildman–Crippen MR) is 129 cm³/mol. The molecule has 1 heterocycles. The number of hydrogen-bond donors (Lipinski definition) is 1. The van der Waals surface area contributed by atoms with Crippen molar-refractivity contribution in [3.63, 3.8) is 0 Å². The van der Waals surface area contributed by atoms with Gasteiger partial charge in [-0.1, -0.05) is 85.6 Å². The van der Waals surface area contributed by atoms with Crippen molar-refractivity contribution in [1.29, 1.82) is 0 Å². The number of aromatic nitrogens is 1. The number of phenolic OH excluding ortho intramolecular Hbond substituents is 1. The van der Waals surface area contributed by atoms with Crippen molar-refractivity contribution in [2.45, 2.75) is 44.4 Å². The molecule has 0 radical (unpaired) electrons. The fourth-order valence-corrected chi connectivity index (χ4v) is 5.01. The van der Waals surface area contributed by atoms with Crippen molar-refractivity contribution >= 4 is 0 Å². The molecule has 4 aromatic rings. The van der Waals surface area contributed by atoms with E-state index in [4.69, 9.17) is 9.40 Å². The van der Waals surface area contributed by atoms with Crippen molar-refractivity contribution in [2.75, 3.05) is 0 Å². The van der Waals surface area contributed by atoms with Crippen LogP contribution in [0.1, 0.15) is 49.5 Å². The molecule has 1 saturated carbocycles. The van der Waals surface area contributed by atoms with Crippen molar-refractivity contribution < 1.29 is 9.52 Å². The van der Waals surface area contributed by atoms with Crippen molar-refractivity contribution in [3.05, 3.63) is 96.4 Å². The number of nitrogens with zero attached hydrogens (tertiary/aromatic N) is 1. The minimum atomic E-state index is 0.334. The molecule has 1 fully saturated rings. The maximum absolute atomic E-state index is 9.80. The minimum Gasteiger partial charge on any atom is -0.508 e. The number of benzene rings is 3. The molecule has 2 unspecified atom stereocenters. The zero-order chi connectivity index (χ0) is 21.8. The van der Waals surface area contributed by atoms with E-state index in [2.05, 4.69) is 42.5 Å². The lowest BCUT2D eigenvalue weighted by molar-refractivity contribution is 0.254. The van der Waals surface area contributed by atoms with Gasteiger partial charge in [0.05, 0.1) is 0 Å². The number of rotatable bonds is 6. The van der Waals surface area contributed by atoms with E-state index in [-0.39, 0.29) is 0 Å². The predicted octanol–water partition coefficient (Wildman–Crippen LogP) is 7.62. The Morgan fingerprint density at radius 1 is 0.812 bits per heavy atom. The van der Waals surface area contributed by atoms with Crippen LogP contribution in [0.15, 0.2) is 89.3 Å². The Morgan fingerprint density at radius 3 is 2.28 bits per heavy atom. The summed E-state index contributed by atoms with van der Waals surface area (Å²) < 4.78 is 6.55. The molecule has 5 rings (SSSR count). The third-order valence-electron chi connectivity index (χ3n) is 6.67. The molecule has 1 aromatic heterocycles. The first-order valence-electron chi connectivity index (χ1n) is 11.7. The summed E-state index contributed by atoms with van der Waals surface area (Å²) in [6.45, 7) is 0. The van der Waals surface area contributed by atoms with Crippen LogP contribution in [0.25, 0.3) is 22.6 Å². The molecule has 0 spiro atoms. The van der Waals surface area contributed by atoms with Crippen LogP contribution < -0.4 is 0 Å². The first-order valence-corrected chi connectivity index (χ1v) is 11.7. The Labute approximate surface area is 189 Å². The standard InChI is InChI=1S/C29H29NO2/c31-25-16-9-10-21(20-25)18-19-22-11-7-8-17-26(22)29-30-27(23-12-3-1-4-13-23)28(32-29)24-14-5-2-6-15-24/h1-6,9-10,12-16,20,22,26,31H,7-8,11,17-19H2. The Bertz CT molecular complexity index is 1090. The van der Waals surface area contributed by atoms with Crippen LogP contribution in [0.4, 0.5) is 0 Å². The maximum atomic E-state index is 9.80. The first kappa shape index (κ1) is 20.6. The smallest absolute Gasteiger partial charge is 0.198 e. The van der Waals surface area contributed by atoms with Gasteiger partial charge in [0, 0.05) is 17.0 Å². The number of hydrogen-bond acceptors (Lipinski definition) is 3. The molecular weight excluding hydrogens is 394 g/mol. The molecule has 0 bridgehead atoms.